The van der Waals surface area contributed by atoms with E-state index in [1.54, 1.807) is 0 Å². The van der Waals surface area contributed by atoms with Crippen LogP contribution in [0.15, 0.2) is 139 Å². The largest absolute Gasteiger partial charge is 2.00 e. The van der Waals surface area contributed by atoms with Crippen LogP contribution in [0.2, 0.25) is 0 Å². The standard InChI is InChI=1S/C44H24Br4N4.Cu/c45-29-9-1-25(2-10-29)41-33-17-19-35(49-33)42(26-3-11-30(46)12-4-26)37-21-23-39(51-37)44(28-7-15-32(48)16-8-28)40-24-22-38(52-40)43(36-20-18-34(41)50-36)27-5-13-31(47)14-6-27;/h1-24H;/q-2;+2. The molecule has 1 radical (unpaired) electrons. The number of fused-ring (bicyclic) bond motifs is 8. The zero-order valence-electron chi connectivity index (χ0n) is 27.5. The number of rotatable bonds is 4. The van der Waals surface area contributed by atoms with Crippen molar-refractivity contribution in [2.24, 2.45) is 0 Å². The third-order valence-corrected chi connectivity index (χ3v) is 11.3. The first-order chi connectivity index (χ1) is 25.4. The van der Waals surface area contributed by atoms with Gasteiger partial charge in [0.1, 0.15) is 0 Å². The third kappa shape index (κ3) is 7.03. The van der Waals surface area contributed by atoms with Gasteiger partial charge in [-0.05, 0) is 117 Å². The second-order valence-electron chi connectivity index (χ2n) is 12.4. The first-order valence-electron chi connectivity index (χ1n) is 16.5. The van der Waals surface area contributed by atoms with Crippen LogP contribution in [0.1, 0.15) is 22.8 Å². The Bertz CT molecular complexity index is 2370. The fourth-order valence-corrected chi connectivity index (χ4v) is 7.79. The van der Waals surface area contributed by atoms with Gasteiger partial charge in [0.25, 0.3) is 0 Å². The predicted molar refractivity (Wildman–Crippen MR) is 229 cm³/mol. The van der Waals surface area contributed by atoms with Crippen molar-refractivity contribution in [3.63, 3.8) is 0 Å². The van der Waals surface area contributed by atoms with E-state index >= 15 is 0 Å². The van der Waals surface area contributed by atoms with Crippen LogP contribution in [0.3, 0.4) is 0 Å². The SMILES string of the molecule is Brc1ccc(-c2c3nc(c(-c4ccc(Br)cc4)c4ccc([n-]4)c(-c4ccc(Br)cc4)c4nc(c(-c5ccc(Br)cc5)c5ccc2[n-]5)C=C4)C=C3)cc1.[Cu+2]. The monoisotopic (exact) mass is 987 g/mol. The summed E-state index contributed by atoms with van der Waals surface area (Å²) in [5.41, 5.74) is 14.5. The van der Waals surface area contributed by atoms with Gasteiger partial charge in [-0.25, -0.2) is 9.97 Å². The van der Waals surface area contributed by atoms with Crippen molar-refractivity contribution in [1.82, 2.24) is 19.9 Å². The van der Waals surface area contributed by atoms with E-state index in [4.69, 9.17) is 19.9 Å². The van der Waals surface area contributed by atoms with Gasteiger partial charge < -0.3 is 9.97 Å². The molecule has 0 spiro atoms. The van der Waals surface area contributed by atoms with E-state index in [0.717, 1.165) is 107 Å². The molecule has 9 rings (SSSR count). The minimum Gasteiger partial charge on any atom is -0.657 e. The van der Waals surface area contributed by atoms with Crippen LogP contribution in [0.25, 0.3) is 90.9 Å². The van der Waals surface area contributed by atoms with Crippen LogP contribution < -0.4 is 9.97 Å². The zero-order chi connectivity index (χ0) is 35.3. The van der Waals surface area contributed by atoms with Gasteiger partial charge in [-0.3, -0.25) is 0 Å². The Hall–Kier alpha value is -4.08. The minimum atomic E-state index is 0. The van der Waals surface area contributed by atoms with E-state index < -0.39 is 0 Å². The second-order valence-corrected chi connectivity index (χ2v) is 16.1. The fourth-order valence-electron chi connectivity index (χ4n) is 6.74. The fraction of sp³-hybridized carbons (Fsp3) is 0. The topological polar surface area (TPSA) is 54.0 Å². The van der Waals surface area contributed by atoms with Crippen molar-refractivity contribution >= 4 is 110 Å². The van der Waals surface area contributed by atoms with Crippen molar-refractivity contribution in [2.45, 2.75) is 0 Å². The molecule has 5 heterocycles. The molecule has 53 heavy (non-hydrogen) atoms. The molecule has 0 unspecified atom stereocenters. The van der Waals surface area contributed by atoms with Gasteiger partial charge >= 0.3 is 17.1 Å². The summed E-state index contributed by atoms with van der Waals surface area (Å²) in [5.74, 6) is 0. The smallest absolute Gasteiger partial charge is 0.657 e. The molecule has 259 valence electrons. The molecule has 0 atom stereocenters. The summed E-state index contributed by atoms with van der Waals surface area (Å²) in [4.78, 5) is 21.4. The average Bonchev–Trinajstić information content (AvgIpc) is 3.99. The molecule has 4 aromatic carbocycles. The molecule has 0 aliphatic carbocycles. The Labute approximate surface area is 350 Å². The molecule has 3 aromatic heterocycles. The van der Waals surface area contributed by atoms with Crippen molar-refractivity contribution in [2.75, 3.05) is 0 Å². The summed E-state index contributed by atoms with van der Waals surface area (Å²) in [6.07, 6.45) is 8.35. The van der Waals surface area contributed by atoms with Crippen molar-refractivity contribution in [3.05, 3.63) is 162 Å². The van der Waals surface area contributed by atoms with Crippen LogP contribution in [0, 0.1) is 0 Å². The molecule has 7 aromatic rings. The molecule has 0 amide bonds. The number of halogens is 4. The average molecular weight is 992 g/mol. The molecular formula is C44H24Br4CuN4. The first kappa shape index (κ1) is 35.9. The van der Waals surface area contributed by atoms with Crippen molar-refractivity contribution < 1.29 is 17.1 Å². The maximum Gasteiger partial charge on any atom is 2.00 e. The van der Waals surface area contributed by atoms with Crippen molar-refractivity contribution in [1.29, 1.82) is 0 Å². The van der Waals surface area contributed by atoms with E-state index in [1.165, 1.54) is 0 Å². The summed E-state index contributed by atoms with van der Waals surface area (Å²) in [6, 6.07) is 41.6. The normalized spacial score (nSPS) is 11.8. The molecule has 4 nitrogen and oxygen atoms in total. The molecule has 2 aliphatic rings. The predicted octanol–water partition coefficient (Wildman–Crippen LogP) is 13.6. The molecular weight excluding hydrogens is 968 g/mol. The van der Waals surface area contributed by atoms with E-state index in [9.17, 15) is 0 Å². The molecule has 0 fully saturated rings. The van der Waals surface area contributed by atoms with Gasteiger partial charge in [0.05, 0.1) is 22.8 Å². The molecule has 9 heteroatoms. The number of benzene rings is 4. The Morgan fingerprint density at radius 2 is 0.509 bits per heavy atom. The van der Waals surface area contributed by atoms with Crippen LogP contribution >= 0.6 is 63.7 Å². The van der Waals surface area contributed by atoms with Gasteiger partial charge in [0.2, 0.25) is 0 Å². The Balaban J connectivity index is 0.00000400. The van der Waals surface area contributed by atoms with E-state index in [-0.39, 0.29) is 17.1 Å². The Morgan fingerprint density at radius 3 is 0.717 bits per heavy atom. The summed E-state index contributed by atoms with van der Waals surface area (Å²) in [5, 5.41) is 0. The van der Waals surface area contributed by atoms with Crippen LogP contribution in [-0.4, -0.2) is 9.97 Å². The molecule has 0 N–H and O–H groups in total. The van der Waals surface area contributed by atoms with Gasteiger partial charge in [-0.2, -0.15) is 0 Å². The van der Waals surface area contributed by atoms with Gasteiger partial charge in [0.15, 0.2) is 0 Å². The minimum absolute atomic E-state index is 0. The number of aromatic nitrogens is 4. The van der Waals surface area contributed by atoms with Crippen molar-refractivity contribution in [3.8, 4) is 44.5 Å². The molecule has 0 saturated carbocycles. The summed E-state index contributed by atoms with van der Waals surface area (Å²) in [7, 11) is 0. The molecule has 0 saturated heterocycles. The van der Waals surface area contributed by atoms with Gasteiger partial charge in [-0.1, -0.05) is 137 Å². The number of nitrogens with zero attached hydrogens (tertiary/aromatic N) is 4. The first-order valence-corrected chi connectivity index (χ1v) is 19.6. The Kier molecular flexibility index (Phi) is 10.2. The van der Waals surface area contributed by atoms with Crippen LogP contribution in [0.4, 0.5) is 0 Å². The van der Waals surface area contributed by atoms with Crippen LogP contribution in [0.5, 0.6) is 0 Å². The second kappa shape index (κ2) is 15.0. The molecule has 8 bridgehead atoms. The van der Waals surface area contributed by atoms with E-state index in [2.05, 4.69) is 209 Å². The molecule has 2 aliphatic heterocycles. The quantitative estimate of drug-likeness (QED) is 0.165. The van der Waals surface area contributed by atoms with Crippen LogP contribution in [-0.2, 0) is 17.1 Å². The number of hydrogen-bond donors (Lipinski definition) is 0. The van der Waals surface area contributed by atoms with E-state index in [1.807, 2.05) is 0 Å². The zero-order valence-corrected chi connectivity index (χ0v) is 34.7. The summed E-state index contributed by atoms with van der Waals surface area (Å²) >= 11 is 14.5. The third-order valence-electron chi connectivity index (χ3n) is 9.14. The van der Waals surface area contributed by atoms with Gasteiger partial charge in [0, 0.05) is 17.9 Å². The number of hydrogen-bond acceptors (Lipinski definition) is 2. The maximum atomic E-state index is 5.34. The van der Waals surface area contributed by atoms with E-state index in [0.29, 0.717) is 0 Å². The summed E-state index contributed by atoms with van der Waals surface area (Å²) in [6.45, 7) is 0. The maximum absolute atomic E-state index is 5.34. The van der Waals surface area contributed by atoms with Gasteiger partial charge in [-0.15, -0.1) is 22.1 Å². The Morgan fingerprint density at radius 1 is 0.302 bits per heavy atom. The summed E-state index contributed by atoms with van der Waals surface area (Å²) < 4.78 is 4.02.